The molecule has 4 aromatic rings. The lowest BCUT2D eigenvalue weighted by atomic mass is 10.2. The number of anilines is 4. The highest BCUT2D eigenvalue weighted by Gasteiger charge is 2.48. The zero-order valence-corrected chi connectivity index (χ0v) is 33.9. The molecule has 1 aliphatic carbocycles. The summed E-state index contributed by atoms with van der Waals surface area (Å²) in [6, 6.07) is 6.29. The predicted molar refractivity (Wildman–Crippen MR) is 217 cm³/mol. The zero-order valence-electron chi connectivity index (χ0n) is 33.9. The van der Waals surface area contributed by atoms with Gasteiger partial charge in [-0.15, -0.1) is 0 Å². The summed E-state index contributed by atoms with van der Waals surface area (Å²) in [5.74, 6) is -3.17. The van der Waals surface area contributed by atoms with Crippen molar-refractivity contribution < 1.29 is 28.8 Å². The number of carbonyl (C=O) groups excluding carboxylic acids is 6. The molecule has 57 heavy (non-hydrogen) atoms. The molecule has 0 bridgehead atoms. The quantitative estimate of drug-likeness (QED) is 0.0824. The van der Waals surface area contributed by atoms with E-state index in [0.717, 1.165) is 25.9 Å². The van der Waals surface area contributed by atoms with Gasteiger partial charge in [-0.25, -0.2) is 0 Å². The molecule has 5 rings (SSSR count). The van der Waals surface area contributed by atoms with Crippen molar-refractivity contribution in [3.05, 3.63) is 71.8 Å². The van der Waals surface area contributed by atoms with Gasteiger partial charge in [0.25, 0.3) is 23.6 Å². The van der Waals surface area contributed by atoms with Gasteiger partial charge in [0.15, 0.2) is 0 Å². The SMILES string of the molecule is CN(C)CCCNC(=O)c1cc(NC(=O)c2cc(NC(=O)C3C[C@H]3C(=O)Nc3cc(C(=O)Nc4cc(C(=O)NCCCN(C)C)n(C)c4)n(C)c3)cn2C)cn1C. The second kappa shape index (κ2) is 18.2. The van der Waals surface area contributed by atoms with Crippen molar-refractivity contribution in [3.63, 3.8) is 0 Å². The summed E-state index contributed by atoms with van der Waals surface area (Å²) in [4.78, 5) is 81.9. The van der Waals surface area contributed by atoms with Gasteiger partial charge >= 0.3 is 0 Å². The maximum Gasteiger partial charge on any atom is 0.272 e. The molecular weight excluding hydrogens is 733 g/mol. The largest absolute Gasteiger partial charge is 0.351 e. The van der Waals surface area contributed by atoms with Crippen molar-refractivity contribution >= 4 is 58.2 Å². The normalized spacial score (nSPS) is 14.7. The van der Waals surface area contributed by atoms with Crippen LogP contribution in [0, 0.1) is 11.8 Å². The van der Waals surface area contributed by atoms with Gasteiger partial charge in [-0.05, 0) is 84.8 Å². The minimum absolute atomic E-state index is 0.239. The van der Waals surface area contributed by atoms with Gasteiger partial charge in [0, 0.05) is 66.1 Å². The average Bonchev–Trinajstić information content (AvgIpc) is 3.28. The maximum atomic E-state index is 13.2. The maximum absolute atomic E-state index is 13.2. The number of nitrogens with zero attached hydrogens (tertiary/aromatic N) is 6. The third-order valence-corrected chi connectivity index (χ3v) is 9.60. The van der Waals surface area contributed by atoms with Crippen LogP contribution in [0.4, 0.5) is 22.7 Å². The average molecular weight is 787 g/mol. The summed E-state index contributed by atoms with van der Waals surface area (Å²) < 4.78 is 6.44. The molecule has 1 saturated carbocycles. The molecule has 4 heterocycles. The van der Waals surface area contributed by atoms with Crippen molar-refractivity contribution in [2.45, 2.75) is 19.3 Å². The molecule has 2 atom stereocenters. The van der Waals surface area contributed by atoms with Gasteiger partial charge in [0.1, 0.15) is 22.8 Å². The molecule has 6 N–H and O–H groups in total. The van der Waals surface area contributed by atoms with Crippen LogP contribution in [0.15, 0.2) is 49.1 Å². The topological polar surface area (TPSA) is 201 Å². The fraction of sp³-hybridized carbons (Fsp3) is 0.436. The van der Waals surface area contributed by atoms with E-state index in [4.69, 9.17) is 0 Å². The third kappa shape index (κ3) is 11.0. The van der Waals surface area contributed by atoms with E-state index in [-0.39, 0.29) is 35.0 Å². The number of carbonyl (C=O) groups is 6. The highest BCUT2D eigenvalue weighted by Crippen LogP contribution is 2.40. The summed E-state index contributed by atoms with van der Waals surface area (Å²) >= 11 is 0. The van der Waals surface area contributed by atoms with Gasteiger partial charge in [-0.2, -0.15) is 0 Å². The lowest BCUT2D eigenvalue weighted by Gasteiger charge is -2.10. The smallest absolute Gasteiger partial charge is 0.272 e. The molecule has 0 saturated heterocycles. The summed E-state index contributed by atoms with van der Waals surface area (Å²) in [5.41, 5.74) is 3.06. The molecule has 0 aliphatic heterocycles. The fourth-order valence-electron chi connectivity index (χ4n) is 6.44. The summed E-state index contributed by atoms with van der Waals surface area (Å²) in [6.07, 6.45) is 8.48. The van der Waals surface area contributed by atoms with E-state index >= 15 is 0 Å². The van der Waals surface area contributed by atoms with Crippen molar-refractivity contribution in [1.82, 2.24) is 38.7 Å². The van der Waals surface area contributed by atoms with Gasteiger partial charge in [-0.1, -0.05) is 0 Å². The van der Waals surface area contributed by atoms with E-state index in [0.29, 0.717) is 53.6 Å². The minimum Gasteiger partial charge on any atom is -0.351 e. The predicted octanol–water partition coefficient (Wildman–Crippen LogP) is 2.12. The Kier molecular flexibility index (Phi) is 13.4. The lowest BCUT2D eigenvalue weighted by Crippen LogP contribution is -2.28. The fourth-order valence-corrected chi connectivity index (χ4v) is 6.44. The van der Waals surface area contributed by atoms with Gasteiger partial charge in [0.05, 0.1) is 34.6 Å². The van der Waals surface area contributed by atoms with Gasteiger partial charge < -0.3 is 60.0 Å². The zero-order chi connectivity index (χ0) is 41.6. The van der Waals surface area contributed by atoms with Crippen LogP contribution in [0.3, 0.4) is 0 Å². The molecule has 18 nitrogen and oxygen atoms in total. The van der Waals surface area contributed by atoms with Crippen molar-refractivity contribution in [2.24, 2.45) is 40.0 Å². The Morgan fingerprint density at radius 1 is 0.509 bits per heavy atom. The Hall–Kier alpha value is -6.14. The molecule has 0 aromatic carbocycles. The van der Waals surface area contributed by atoms with Crippen LogP contribution in [-0.4, -0.2) is 118 Å². The number of hydrogen-bond acceptors (Lipinski definition) is 8. The number of amides is 6. The van der Waals surface area contributed by atoms with Crippen LogP contribution in [-0.2, 0) is 37.8 Å². The Morgan fingerprint density at radius 2 is 0.807 bits per heavy atom. The van der Waals surface area contributed by atoms with E-state index in [2.05, 4.69) is 31.9 Å². The molecule has 6 amide bonds. The Balaban J connectivity index is 1.09. The Labute approximate surface area is 331 Å². The number of aromatic nitrogens is 4. The van der Waals surface area contributed by atoms with Crippen molar-refractivity contribution in [3.8, 4) is 0 Å². The molecule has 0 radical (unpaired) electrons. The number of hydrogen-bond donors (Lipinski definition) is 6. The number of nitrogens with one attached hydrogen (secondary N) is 6. The van der Waals surface area contributed by atoms with Gasteiger partial charge in [0.2, 0.25) is 11.8 Å². The first-order valence-electron chi connectivity index (χ1n) is 18.8. The molecular formula is C39H54N12O6. The highest BCUT2D eigenvalue weighted by molar-refractivity contribution is 6.08. The van der Waals surface area contributed by atoms with Crippen LogP contribution in [0.5, 0.6) is 0 Å². The standard InChI is InChI=1S/C39H54N12O6/c1-46(2)13-9-11-40-36(54)30-15-26(22-48(30)5)44-38(56)32-17-24(20-50(32)7)42-34(52)28-19-29(28)35(53)43-25-18-33(51(8)21-25)39(57)45-27-16-31(49(6)23-27)37(55)41-12-10-14-47(3)4/h15-18,20-23,28-29H,9-14,19H2,1-8H3,(H,40,54)(H,41,55)(H,42,52)(H,43,53)(H,44,56)(H,45,57)/t28-,29?/m1/s1. The first kappa shape index (κ1) is 42.0. The van der Waals surface area contributed by atoms with E-state index < -0.39 is 23.7 Å². The molecule has 0 spiro atoms. The first-order chi connectivity index (χ1) is 27.0. The summed E-state index contributed by atoms with van der Waals surface area (Å²) in [7, 11) is 14.7. The molecule has 1 unspecified atom stereocenters. The molecule has 306 valence electrons. The summed E-state index contributed by atoms with van der Waals surface area (Å²) in [5, 5.41) is 17.0. The van der Waals surface area contributed by atoms with E-state index in [1.165, 1.54) is 0 Å². The molecule has 1 fully saturated rings. The van der Waals surface area contributed by atoms with Crippen LogP contribution in [0.2, 0.25) is 0 Å². The Morgan fingerprint density at radius 3 is 1.12 bits per heavy atom. The van der Waals surface area contributed by atoms with Crippen LogP contribution < -0.4 is 31.9 Å². The molecule has 4 aromatic heterocycles. The van der Waals surface area contributed by atoms with Crippen LogP contribution in [0.25, 0.3) is 0 Å². The first-order valence-corrected chi connectivity index (χ1v) is 18.8. The van der Waals surface area contributed by atoms with Crippen molar-refractivity contribution in [1.29, 1.82) is 0 Å². The minimum atomic E-state index is -0.566. The number of aryl methyl sites for hydroxylation is 4. The van der Waals surface area contributed by atoms with Crippen LogP contribution >= 0.6 is 0 Å². The number of rotatable bonds is 18. The van der Waals surface area contributed by atoms with E-state index in [1.807, 2.05) is 38.0 Å². The molecule has 1 aliphatic rings. The second-order valence-corrected chi connectivity index (χ2v) is 15.1. The van der Waals surface area contributed by atoms with E-state index in [9.17, 15) is 28.8 Å². The summed E-state index contributed by atoms with van der Waals surface area (Å²) in [6.45, 7) is 2.76. The van der Waals surface area contributed by atoms with Gasteiger partial charge in [-0.3, -0.25) is 28.8 Å². The third-order valence-electron chi connectivity index (χ3n) is 9.60. The molecule has 18 heteroatoms. The van der Waals surface area contributed by atoms with Crippen LogP contribution in [0.1, 0.15) is 61.2 Å². The monoisotopic (exact) mass is 786 g/mol. The second-order valence-electron chi connectivity index (χ2n) is 15.1. The van der Waals surface area contributed by atoms with E-state index in [1.54, 1.807) is 95.5 Å². The van der Waals surface area contributed by atoms with Crippen molar-refractivity contribution in [2.75, 3.05) is 75.6 Å². The highest BCUT2D eigenvalue weighted by atomic mass is 16.2. The lowest BCUT2D eigenvalue weighted by molar-refractivity contribution is -0.122. The Bertz CT molecular complexity index is 1990.